The van der Waals surface area contributed by atoms with Gasteiger partial charge in [-0.2, -0.15) is 0 Å². The maximum Gasteiger partial charge on any atom is 0.494 e. The summed E-state index contributed by atoms with van der Waals surface area (Å²) >= 11 is 0. The van der Waals surface area contributed by atoms with Gasteiger partial charge in [-0.1, -0.05) is 24.3 Å². The van der Waals surface area contributed by atoms with Gasteiger partial charge in [0.2, 0.25) is 0 Å². The van der Waals surface area contributed by atoms with Gasteiger partial charge in [-0.05, 0) is 33.2 Å². The van der Waals surface area contributed by atoms with Crippen LogP contribution in [0.3, 0.4) is 0 Å². The molecule has 6 nitrogen and oxygen atoms in total. The third kappa shape index (κ3) is 3.38. The molecule has 1 aliphatic heterocycles. The van der Waals surface area contributed by atoms with E-state index in [9.17, 15) is 4.79 Å². The van der Waals surface area contributed by atoms with Crippen LogP contribution in [0.5, 0.6) is 11.5 Å². The Morgan fingerprint density at radius 2 is 1.60 bits per heavy atom. The minimum Gasteiger partial charge on any atom is -0.496 e. The lowest BCUT2D eigenvalue weighted by molar-refractivity contribution is 0.00578. The molecule has 156 valence electrons. The summed E-state index contributed by atoms with van der Waals surface area (Å²) in [6.45, 7) is 8.06. The Morgan fingerprint density at radius 3 is 2.23 bits per heavy atom. The van der Waals surface area contributed by atoms with Gasteiger partial charge in [-0.15, -0.1) is 0 Å². The normalized spacial score (nSPS) is 17.3. The van der Waals surface area contributed by atoms with Crippen LogP contribution >= 0.6 is 0 Å². The standard InChI is InChI=1S/C23H25BO6/c1-22(2)23(3,4)30-24(29-22)15-9-7-8-14(10-15)18-13-17(25)21-19(27-6)11-16(26-5)12-20(21)28-18/h7-13H,1-6H3. The Kier molecular flexibility index (Phi) is 4.91. The predicted octanol–water partition coefficient (Wildman–Crippen LogP) is 3.78. The minimum atomic E-state index is -0.498. The number of ether oxygens (including phenoxy) is 2. The SMILES string of the molecule is COc1cc(OC)c2c(=O)cc(-c3cccc(B4OC(C)(C)C(C)(C)O4)c3)oc2c1. The van der Waals surface area contributed by atoms with Gasteiger partial charge < -0.3 is 23.2 Å². The number of benzene rings is 2. The summed E-state index contributed by atoms with van der Waals surface area (Å²) in [5.41, 5.74) is 0.952. The minimum absolute atomic E-state index is 0.188. The first-order valence-electron chi connectivity index (χ1n) is 9.81. The fourth-order valence-corrected chi connectivity index (χ4v) is 3.47. The molecule has 2 aromatic carbocycles. The predicted molar refractivity (Wildman–Crippen MR) is 117 cm³/mol. The Hall–Kier alpha value is -2.77. The van der Waals surface area contributed by atoms with Crippen molar-refractivity contribution in [2.24, 2.45) is 0 Å². The van der Waals surface area contributed by atoms with Gasteiger partial charge in [0.15, 0.2) is 5.43 Å². The highest BCUT2D eigenvalue weighted by atomic mass is 16.7. The second-order valence-corrected chi connectivity index (χ2v) is 8.39. The number of fused-ring (bicyclic) bond motifs is 1. The molecule has 3 aromatic rings. The molecule has 1 fully saturated rings. The van der Waals surface area contributed by atoms with Crippen LogP contribution in [0.15, 0.2) is 51.7 Å². The molecule has 7 heteroatoms. The zero-order chi connectivity index (χ0) is 21.7. The average Bonchev–Trinajstić information content (AvgIpc) is 2.94. The van der Waals surface area contributed by atoms with Crippen LogP contribution in [-0.2, 0) is 9.31 Å². The van der Waals surface area contributed by atoms with E-state index in [1.807, 2.05) is 52.0 Å². The monoisotopic (exact) mass is 408 g/mol. The van der Waals surface area contributed by atoms with Crippen molar-refractivity contribution in [3.63, 3.8) is 0 Å². The van der Waals surface area contributed by atoms with Gasteiger partial charge in [0, 0.05) is 23.8 Å². The number of hydrogen-bond donors (Lipinski definition) is 0. The van der Waals surface area contributed by atoms with Crippen LogP contribution < -0.4 is 20.4 Å². The Morgan fingerprint density at radius 1 is 0.900 bits per heavy atom. The van der Waals surface area contributed by atoms with E-state index in [0.717, 1.165) is 11.0 Å². The highest BCUT2D eigenvalue weighted by Gasteiger charge is 2.51. The molecule has 0 aliphatic carbocycles. The molecule has 0 bridgehead atoms. The van der Waals surface area contributed by atoms with E-state index in [-0.39, 0.29) is 5.43 Å². The van der Waals surface area contributed by atoms with Crippen molar-refractivity contribution in [2.45, 2.75) is 38.9 Å². The molecular weight excluding hydrogens is 383 g/mol. The maximum atomic E-state index is 12.8. The molecule has 30 heavy (non-hydrogen) atoms. The van der Waals surface area contributed by atoms with Gasteiger partial charge in [-0.25, -0.2) is 0 Å². The Bertz CT molecular complexity index is 1150. The molecule has 4 rings (SSSR count). The largest absolute Gasteiger partial charge is 0.496 e. The van der Waals surface area contributed by atoms with Gasteiger partial charge >= 0.3 is 7.12 Å². The highest BCUT2D eigenvalue weighted by molar-refractivity contribution is 6.62. The second kappa shape index (κ2) is 7.18. The van der Waals surface area contributed by atoms with Gasteiger partial charge in [0.25, 0.3) is 0 Å². The summed E-state index contributed by atoms with van der Waals surface area (Å²) in [4.78, 5) is 12.8. The van der Waals surface area contributed by atoms with Crippen LogP contribution in [0.1, 0.15) is 27.7 Å². The molecule has 0 saturated carbocycles. The van der Waals surface area contributed by atoms with E-state index in [2.05, 4.69) is 0 Å². The van der Waals surface area contributed by atoms with Crippen molar-refractivity contribution < 1.29 is 23.2 Å². The molecule has 0 spiro atoms. The quantitative estimate of drug-likeness (QED) is 0.613. The molecule has 1 saturated heterocycles. The number of hydrogen-bond acceptors (Lipinski definition) is 6. The van der Waals surface area contributed by atoms with Crippen molar-refractivity contribution in [3.8, 4) is 22.8 Å². The zero-order valence-corrected chi connectivity index (χ0v) is 18.1. The topological polar surface area (TPSA) is 67.1 Å². The van der Waals surface area contributed by atoms with E-state index < -0.39 is 18.3 Å². The van der Waals surface area contributed by atoms with Crippen LogP contribution in [0.4, 0.5) is 0 Å². The zero-order valence-electron chi connectivity index (χ0n) is 18.1. The summed E-state index contributed by atoms with van der Waals surface area (Å²) in [6.07, 6.45) is 0. The van der Waals surface area contributed by atoms with Crippen molar-refractivity contribution in [1.82, 2.24) is 0 Å². The van der Waals surface area contributed by atoms with Gasteiger partial charge in [-0.3, -0.25) is 4.79 Å². The van der Waals surface area contributed by atoms with Gasteiger partial charge in [0.1, 0.15) is 28.2 Å². The van der Waals surface area contributed by atoms with Crippen LogP contribution in [0, 0.1) is 0 Å². The molecule has 0 radical (unpaired) electrons. The average molecular weight is 408 g/mol. The highest BCUT2D eigenvalue weighted by Crippen LogP contribution is 2.37. The lowest BCUT2D eigenvalue weighted by atomic mass is 9.78. The first-order valence-corrected chi connectivity index (χ1v) is 9.81. The summed E-state index contributed by atoms with van der Waals surface area (Å²) in [6, 6.07) is 12.5. The Balaban J connectivity index is 1.78. The van der Waals surface area contributed by atoms with Crippen LogP contribution in [0.25, 0.3) is 22.3 Å². The fourth-order valence-electron chi connectivity index (χ4n) is 3.47. The maximum absolute atomic E-state index is 12.8. The molecule has 2 heterocycles. The molecule has 0 amide bonds. The molecule has 1 aromatic heterocycles. The van der Waals surface area contributed by atoms with Crippen LogP contribution in [0.2, 0.25) is 0 Å². The molecular formula is C23H25BO6. The molecule has 1 aliphatic rings. The van der Waals surface area contributed by atoms with Crippen molar-refractivity contribution in [3.05, 3.63) is 52.7 Å². The van der Waals surface area contributed by atoms with Gasteiger partial charge in [0.05, 0.1) is 25.4 Å². The third-order valence-electron chi connectivity index (χ3n) is 5.92. The molecule has 0 atom stereocenters. The smallest absolute Gasteiger partial charge is 0.494 e. The summed E-state index contributed by atoms with van der Waals surface area (Å²) in [7, 11) is 2.56. The van der Waals surface area contributed by atoms with Crippen molar-refractivity contribution in [2.75, 3.05) is 14.2 Å². The van der Waals surface area contributed by atoms with E-state index in [1.165, 1.54) is 13.2 Å². The fraction of sp³-hybridized carbons (Fsp3) is 0.348. The Labute approximate surface area is 175 Å². The van der Waals surface area contributed by atoms with E-state index >= 15 is 0 Å². The summed E-state index contributed by atoms with van der Waals surface area (Å²) in [5, 5.41) is 0.379. The van der Waals surface area contributed by atoms with Crippen molar-refractivity contribution >= 4 is 23.6 Å². The van der Waals surface area contributed by atoms with E-state index in [0.29, 0.717) is 28.2 Å². The third-order valence-corrected chi connectivity index (χ3v) is 5.92. The number of rotatable bonds is 4. The van der Waals surface area contributed by atoms with E-state index in [4.69, 9.17) is 23.2 Å². The summed E-state index contributed by atoms with van der Waals surface area (Å²) < 4.78 is 29.0. The first-order chi connectivity index (χ1) is 14.1. The molecule has 0 N–H and O–H groups in total. The second-order valence-electron chi connectivity index (χ2n) is 8.39. The van der Waals surface area contributed by atoms with E-state index in [1.54, 1.807) is 19.2 Å². The number of methoxy groups -OCH3 is 2. The lowest BCUT2D eigenvalue weighted by Gasteiger charge is -2.32. The van der Waals surface area contributed by atoms with Crippen molar-refractivity contribution in [1.29, 1.82) is 0 Å². The first kappa shape index (κ1) is 20.5. The molecule has 0 unspecified atom stereocenters. The lowest BCUT2D eigenvalue weighted by Crippen LogP contribution is -2.41. The summed E-state index contributed by atoms with van der Waals surface area (Å²) in [5.74, 6) is 1.41. The van der Waals surface area contributed by atoms with Crippen LogP contribution in [-0.4, -0.2) is 32.5 Å².